The Labute approximate surface area is 97.0 Å². The van der Waals surface area contributed by atoms with Crippen molar-refractivity contribution in [2.75, 3.05) is 13.2 Å². The van der Waals surface area contributed by atoms with Gasteiger partial charge in [0.1, 0.15) is 12.4 Å². The van der Waals surface area contributed by atoms with Crippen molar-refractivity contribution < 1.29 is 17.9 Å². The largest absolute Gasteiger partial charge is 0.490 e. The molecule has 1 aromatic rings. The molecule has 0 aromatic carbocycles. The quantitative estimate of drug-likeness (QED) is 0.888. The minimum Gasteiger partial charge on any atom is -0.490 e. The zero-order valence-electron chi connectivity index (χ0n) is 9.13. The molecule has 1 fully saturated rings. The van der Waals surface area contributed by atoms with Crippen LogP contribution >= 0.6 is 0 Å². The molecule has 17 heavy (non-hydrogen) atoms. The highest BCUT2D eigenvalue weighted by Gasteiger charge is 2.36. The van der Waals surface area contributed by atoms with Crippen molar-refractivity contribution in [3.63, 3.8) is 0 Å². The molecule has 94 valence electrons. The first kappa shape index (κ1) is 12.2. The van der Waals surface area contributed by atoms with E-state index in [1.165, 1.54) is 12.1 Å². The van der Waals surface area contributed by atoms with Crippen molar-refractivity contribution in [3.05, 3.63) is 24.0 Å². The average Bonchev–Trinajstić information content (AvgIpc) is 2.78. The van der Waals surface area contributed by atoms with Crippen LogP contribution in [0.2, 0.25) is 0 Å². The summed E-state index contributed by atoms with van der Waals surface area (Å²) in [6.45, 7) is 1.14. The molecule has 0 aliphatic carbocycles. The van der Waals surface area contributed by atoms with Gasteiger partial charge in [-0.15, -0.1) is 0 Å². The predicted octanol–water partition coefficient (Wildman–Crippen LogP) is 2.23. The lowest BCUT2D eigenvalue weighted by atomic mass is 10.2. The van der Waals surface area contributed by atoms with Crippen LogP contribution in [0.3, 0.4) is 0 Å². The maximum absolute atomic E-state index is 12.6. The van der Waals surface area contributed by atoms with Gasteiger partial charge in [0.05, 0.1) is 0 Å². The van der Waals surface area contributed by atoms with E-state index in [1.54, 1.807) is 0 Å². The highest BCUT2D eigenvalue weighted by Crippen LogP contribution is 2.34. The molecule has 0 spiro atoms. The number of hydrogen-bond acceptors (Lipinski definition) is 3. The molecule has 1 N–H and O–H groups in total. The Hall–Kier alpha value is -1.30. The highest BCUT2D eigenvalue weighted by atomic mass is 19.4. The van der Waals surface area contributed by atoms with E-state index in [0.717, 1.165) is 25.6 Å². The number of aromatic nitrogens is 1. The van der Waals surface area contributed by atoms with Gasteiger partial charge in [0.15, 0.2) is 5.69 Å². The molecule has 3 nitrogen and oxygen atoms in total. The normalized spacial score (nSPS) is 20.5. The topological polar surface area (TPSA) is 34.1 Å². The van der Waals surface area contributed by atoms with Gasteiger partial charge in [-0.1, -0.05) is 0 Å². The van der Waals surface area contributed by atoms with E-state index in [9.17, 15) is 13.2 Å². The Morgan fingerprint density at radius 3 is 2.94 bits per heavy atom. The van der Waals surface area contributed by atoms with Gasteiger partial charge in [0.2, 0.25) is 0 Å². The van der Waals surface area contributed by atoms with E-state index in [2.05, 4.69) is 10.3 Å². The number of ether oxygens (including phenoxy) is 1. The molecule has 0 radical (unpaired) electrons. The van der Waals surface area contributed by atoms with Crippen LogP contribution in [0.15, 0.2) is 18.3 Å². The number of alkyl halides is 3. The fourth-order valence-corrected chi connectivity index (χ4v) is 1.81. The number of nitrogens with one attached hydrogen (secondary N) is 1. The molecular weight excluding hydrogens is 233 g/mol. The molecule has 1 aromatic heterocycles. The number of halogens is 3. The van der Waals surface area contributed by atoms with Crippen molar-refractivity contribution >= 4 is 0 Å². The fourth-order valence-electron chi connectivity index (χ4n) is 1.81. The highest BCUT2D eigenvalue weighted by molar-refractivity contribution is 5.29. The first-order valence-corrected chi connectivity index (χ1v) is 5.46. The fraction of sp³-hybridized carbons (Fsp3) is 0.545. The Kier molecular flexibility index (Phi) is 3.51. The molecule has 1 atom stereocenters. The van der Waals surface area contributed by atoms with E-state index < -0.39 is 11.9 Å². The van der Waals surface area contributed by atoms with E-state index in [1.807, 2.05) is 0 Å². The second-order valence-corrected chi connectivity index (χ2v) is 3.95. The maximum Gasteiger partial charge on any atom is 0.437 e. The van der Waals surface area contributed by atoms with Gasteiger partial charge in [0, 0.05) is 12.2 Å². The molecule has 1 aliphatic heterocycles. The van der Waals surface area contributed by atoms with Crippen LogP contribution in [0, 0.1) is 0 Å². The molecule has 0 unspecified atom stereocenters. The van der Waals surface area contributed by atoms with Crippen molar-refractivity contribution in [1.29, 1.82) is 0 Å². The minimum absolute atomic E-state index is 0.135. The standard InChI is InChI=1S/C11H13F3N2O/c12-11(13,14)10-9(4-2-6-16-10)17-7-8-3-1-5-15-8/h2,4,6,8,15H,1,3,5,7H2/t8-/m0/s1. The molecule has 1 saturated heterocycles. The molecule has 6 heteroatoms. The summed E-state index contributed by atoms with van der Waals surface area (Å²) in [5.74, 6) is -0.200. The molecule has 1 aliphatic rings. The van der Waals surface area contributed by atoms with Crippen LogP contribution in [-0.4, -0.2) is 24.2 Å². The van der Waals surface area contributed by atoms with Gasteiger partial charge in [-0.2, -0.15) is 13.2 Å². The summed E-state index contributed by atoms with van der Waals surface area (Å²) in [5, 5.41) is 3.16. The maximum atomic E-state index is 12.6. The molecule has 2 rings (SSSR count). The lowest BCUT2D eigenvalue weighted by Crippen LogP contribution is -2.28. The van der Waals surface area contributed by atoms with Crippen molar-refractivity contribution in [2.24, 2.45) is 0 Å². The summed E-state index contributed by atoms with van der Waals surface area (Å²) in [4.78, 5) is 3.32. The predicted molar refractivity (Wildman–Crippen MR) is 55.8 cm³/mol. The third kappa shape index (κ3) is 3.09. The Balaban J connectivity index is 2.04. The summed E-state index contributed by atoms with van der Waals surface area (Å²) < 4.78 is 43.0. The summed E-state index contributed by atoms with van der Waals surface area (Å²) in [7, 11) is 0. The molecule has 0 amide bonds. The lowest BCUT2D eigenvalue weighted by molar-refractivity contribution is -0.142. The van der Waals surface area contributed by atoms with Crippen LogP contribution in [0.4, 0.5) is 13.2 Å². The second-order valence-electron chi connectivity index (χ2n) is 3.95. The average molecular weight is 246 g/mol. The summed E-state index contributed by atoms with van der Waals surface area (Å²) >= 11 is 0. The van der Waals surface area contributed by atoms with Gasteiger partial charge in [-0.3, -0.25) is 0 Å². The Morgan fingerprint density at radius 1 is 1.47 bits per heavy atom. The van der Waals surface area contributed by atoms with Gasteiger partial charge < -0.3 is 10.1 Å². The smallest absolute Gasteiger partial charge is 0.437 e. The first-order chi connectivity index (χ1) is 8.07. The third-order valence-corrected chi connectivity index (χ3v) is 2.64. The van der Waals surface area contributed by atoms with Gasteiger partial charge >= 0.3 is 6.18 Å². The van der Waals surface area contributed by atoms with Crippen LogP contribution < -0.4 is 10.1 Å². The SMILES string of the molecule is FC(F)(F)c1ncccc1OC[C@@H]1CCCN1. The number of nitrogens with zero attached hydrogens (tertiary/aromatic N) is 1. The molecule has 2 heterocycles. The van der Waals surface area contributed by atoms with Gasteiger partial charge in [-0.25, -0.2) is 4.98 Å². The van der Waals surface area contributed by atoms with Gasteiger partial charge in [-0.05, 0) is 31.5 Å². The number of pyridine rings is 1. The van der Waals surface area contributed by atoms with E-state index >= 15 is 0 Å². The summed E-state index contributed by atoms with van der Waals surface area (Å²) in [6, 6.07) is 2.87. The van der Waals surface area contributed by atoms with Crippen molar-refractivity contribution in [2.45, 2.75) is 25.1 Å². The van der Waals surface area contributed by atoms with Crippen LogP contribution in [0.25, 0.3) is 0 Å². The van der Waals surface area contributed by atoms with Crippen LogP contribution in [0.1, 0.15) is 18.5 Å². The minimum atomic E-state index is -4.47. The van der Waals surface area contributed by atoms with E-state index in [4.69, 9.17) is 4.74 Å². The van der Waals surface area contributed by atoms with Gasteiger partial charge in [0.25, 0.3) is 0 Å². The molecular formula is C11H13F3N2O. The number of rotatable bonds is 3. The first-order valence-electron chi connectivity index (χ1n) is 5.46. The summed E-state index contributed by atoms with van der Waals surface area (Å²) in [6.07, 6.45) is -1.39. The second kappa shape index (κ2) is 4.91. The third-order valence-electron chi connectivity index (χ3n) is 2.64. The van der Waals surface area contributed by atoms with Crippen LogP contribution in [0.5, 0.6) is 5.75 Å². The molecule has 0 saturated carbocycles. The van der Waals surface area contributed by atoms with Crippen molar-refractivity contribution in [1.82, 2.24) is 10.3 Å². The van der Waals surface area contributed by atoms with E-state index in [0.29, 0.717) is 0 Å². The lowest BCUT2D eigenvalue weighted by Gasteiger charge is -2.15. The number of hydrogen-bond donors (Lipinski definition) is 1. The van der Waals surface area contributed by atoms with Crippen LogP contribution in [-0.2, 0) is 6.18 Å². The Bertz CT molecular complexity index is 375. The Morgan fingerprint density at radius 2 is 2.29 bits per heavy atom. The molecule has 0 bridgehead atoms. The van der Waals surface area contributed by atoms with Crippen molar-refractivity contribution in [3.8, 4) is 5.75 Å². The summed E-state index contributed by atoms with van der Waals surface area (Å²) in [5.41, 5.74) is -0.960. The monoisotopic (exact) mass is 246 g/mol. The van der Waals surface area contributed by atoms with E-state index in [-0.39, 0.29) is 18.4 Å². The zero-order chi connectivity index (χ0) is 12.3. The zero-order valence-corrected chi connectivity index (χ0v) is 9.13.